The number of thiazole rings is 1. The second-order valence-corrected chi connectivity index (χ2v) is 9.74. The maximum Gasteiger partial charge on any atom is 0.260 e. The van der Waals surface area contributed by atoms with Crippen LogP contribution in [0.15, 0.2) is 27.3 Å². The van der Waals surface area contributed by atoms with Crippen molar-refractivity contribution >= 4 is 56.5 Å². The third-order valence-electron chi connectivity index (χ3n) is 4.10. The van der Waals surface area contributed by atoms with E-state index in [1.54, 1.807) is 17.8 Å². The van der Waals surface area contributed by atoms with Gasteiger partial charge in [0.25, 0.3) is 5.91 Å². The molecule has 0 aliphatic carbocycles. The Morgan fingerprint density at radius 1 is 1.28 bits per heavy atom. The summed E-state index contributed by atoms with van der Waals surface area (Å²) in [5.74, 6) is 0.548. The fourth-order valence-electron chi connectivity index (χ4n) is 2.80. The first-order valence-electron chi connectivity index (χ1n) is 8.91. The molecule has 0 radical (unpaired) electrons. The summed E-state index contributed by atoms with van der Waals surface area (Å²) in [4.78, 5) is 32.1. The molecule has 2 amide bonds. The maximum absolute atomic E-state index is 12.3. The Hall–Kier alpha value is -2.28. The molecule has 0 fully saturated rings. The molecule has 0 saturated heterocycles. The molecule has 1 aliphatic heterocycles. The monoisotopic (exact) mass is 450 g/mol. The second-order valence-electron chi connectivity index (χ2n) is 6.17. The number of hydrogen-bond acceptors (Lipinski definition) is 10. The zero-order chi connectivity index (χ0) is 20.2. The molecule has 4 rings (SSSR count). The van der Waals surface area contributed by atoms with Crippen molar-refractivity contribution in [1.29, 1.82) is 0 Å². The quantitative estimate of drug-likeness (QED) is 0.417. The number of hydrogen-bond donors (Lipinski definition) is 2. The zero-order valence-electron chi connectivity index (χ0n) is 15.5. The van der Waals surface area contributed by atoms with Crippen molar-refractivity contribution in [2.24, 2.45) is 0 Å². The lowest BCUT2D eigenvalue weighted by molar-refractivity contribution is -0.117. The van der Waals surface area contributed by atoms with Crippen LogP contribution in [0.25, 0.3) is 0 Å². The molecule has 0 aromatic carbocycles. The molecule has 29 heavy (non-hydrogen) atoms. The van der Waals surface area contributed by atoms with Crippen molar-refractivity contribution in [3.63, 3.8) is 0 Å². The fourth-order valence-corrected chi connectivity index (χ4v) is 5.51. The summed E-state index contributed by atoms with van der Waals surface area (Å²) in [6.45, 7) is 3.66. The Balaban J connectivity index is 1.31. The van der Waals surface area contributed by atoms with Gasteiger partial charge in [-0.25, -0.2) is 4.98 Å². The molecule has 9 nitrogen and oxygen atoms in total. The van der Waals surface area contributed by atoms with Gasteiger partial charge in [0.1, 0.15) is 6.26 Å². The number of carbonyl (C=O) groups excluding carboxylic acids is 2. The predicted octanol–water partition coefficient (Wildman–Crippen LogP) is 2.95. The number of amides is 2. The van der Waals surface area contributed by atoms with Crippen molar-refractivity contribution in [2.45, 2.75) is 24.2 Å². The van der Waals surface area contributed by atoms with Crippen LogP contribution < -0.4 is 10.6 Å². The van der Waals surface area contributed by atoms with Gasteiger partial charge < -0.3 is 4.42 Å². The highest BCUT2D eigenvalue weighted by Gasteiger charge is 2.23. The highest BCUT2D eigenvalue weighted by atomic mass is 32.2. The molecule has 1 aliphatic rings. The first-order valence-corrected chi connectivity index (χ1v) is 11.5. The largest absolute Gasteiger partial charge is 0.472 e. The van der Waals surface area contributed by atoms with Crippen molar-refractivity contribution in [1.82, 2.24) is 20.1 Å². The van der Waals surface area contributed by atoms with E-state index in [9.17, 15) is 9.59 Å². The minimum absolute atomic E-state index is 0.115. The number of carbonyl (C=O) groups is 2. The van der Waals surface area contributed by atoms with E-state index in [1.807, 2.05) is 6.92 Å². The van der Waals surface area contributed by atoms with Gasteiger partial charge in [0, 0.05) is 24.4 Å². The Morgan fingerprint density at radius 2 is 2.17 bits per heavy atom. The van der Waals surface area contributed by atoms with Gasteiger partial charge in [-0.2, -0.15) is 0 Å². The van der Waals surface area contributed by atoms with Crippen LogP contribution in [0.5, 0.6) is 0 Å². The Morgan fingerprint density at radius 3 is 2.97 bits per heavy atom. The van der Waals surface area contributed by atoms with Crippen LogP contribution in [0.4, 0.5) is 10.3 Å². The summed E-state index contributed by atoms with van der Waals surface area (Å²) in [6, 6.07) is 1.60. The average Bonchev–Trinajstić information content (AvgIpc) is 3.42. The molecule has 12 heteroatoms. The molecule has 4 heterocycles. The summed E-state index contributed by atoms with van der Waals surface area (Å²) in [7, 11) is 0. The second kappa shape index (κ2) is 9.03. The number of furan rings is 1. The Bertz CT molecular complexity index is 1000. The highest BCUT2D eigenvalue weighted by molar-refractivity contribution is 8.01. The number of aromatic nitrogens is 3. The average molecular weight is 451 g/mol. The van der Waals surface area contributed by atoms with Crippen molar-refractivity contribution in [3.8, 4) is 0 Å². The van der Waals surface area contributed by atoms with Gasteiger partial charge in [-0.1, -0.05) is 30.0 Å². The normalized spacial score (nSPS) is 13.8. The fraction of sp³-hybridized carbons (Fsp3) is 0.353. The third kappa shape index (κ3) is 5.01. The minimum Gasteiger partial charge on any atom is -0.472 e. The molecule has 152 valence electrons. The third-order valence-corrected chi connectivity index (χ3v) is 6.95. The van der Waals surface area contributed by atoms with Gasteiger partial charge in [-0.3, -0.25) is 25.1 Å². The first-order chi connectivity index (χ1) is 14.1. The lowest BCUT2D eigenvalue weighted by atomic mass is 10.2. The van der Waals surface area contributed by atoms with Gasteiger partial charge in [0.15, 0.2) is 9.47 Å². The maximum atomic E-state index is 12.3. The van der Waals surface area contributed by atoms with Crippen LogP contribution in [0.2, 0.25) is 0 Å². The summed E-state index contributed by atoms with van der Waals surface area (Å²) >= 11 is 4.41. The SMILES string of the molecule is CCSc1nnc(NC(=O)CN2CCc3nc(NC(=O)c4ccoc4)sc3C2)s1. The van der Waals surface area contributed by atoms with E-state index in [0.717, 1.165) is 33.6 Å². The number of nitrogens with one attached hydrogen (secondary N) is 2. The van der Waals surface area contributed by atoms with Gasteiger partial charge in [-0.05, 0) is 11.8 Å². The van der Waals surface area contributed by atoms with E-state index in [0.29, 0.717) is 22.4 Å². The van der Waals surface area contributed by atoms with Crippen molar-refractivity contribution < 1.29 is 14.0 Å². The molecule has 0 atom stereocenters. The van der Waals surface area contributed by atoms with Gasteiger partial charge in [0.05, 0.1) is 24.1 Å². The number of anilines is 2. The number of rotatable bonds is 7. The molecule has 3 aromatic rings. The highest BCUT2D eigenvalue weighted by Crippen LogP contribution is 2.29. The Labute approximate surface area is 178 Å². The van der Waals surface area contributed by atoms with Crippen LogP contribution in [0, 0.1) is 0 Å². The van der Waals surface area contributed by atoms with Crippen LogP contribution in [0.1, 0.15) is 27.9 Å². The number of thioether (sulfide) groups is 1. The number of nitrogens with zero attached hydrogens (tertiary/aromatic N) is 4. The minimum atomic E-state index is -0.251. The van der Waals surface area contributed by atoms with Gasteiger partial charge >= 0.3 is 0 Å². The Kier molecular flexibility index (Phi) is 6.23. The van der Waals surface area contributed by atoms with E-state index < -0.39 is 0 Å². The first kappa shape index (κ1) is 20.0. The van der Waals surface area contributed by atoms with E-state index in [4.69, 9.17) is 4.42 Å². The summed E-state index contributed by atoms with van der Waals surface area (Å²) in [5, 5.41) is 14.7. The van der Waals surface area contributed by atoms with Crippen molar-refractivity contribution in [2.75, 3.05) is 29.5 Å². The topological polar surface area (TPSA) is 113 Å². The van der Waals surface area contributed by atoms with Gasteiger partial charge in [-0.15, -0.1) is 21.5 Å². The molecular formula is C17H18N6O3S3. The zero-order valence-corrected chi connectivity index (χ0v) is 18.0. The van der Waals surface area contributed by atoms with Gasteiger partial charge in [0.2, 0.25) is 11.0 Å². The standard InChI is InChI=1S/C17H18N6O3S3/c1-2-27-17-22-21-16(29-17)19-13(24)8-23-5-3-11-12(7-23)28-15(18-11)20-14(25)10-4-6-26-9-10/h4,6,9H,2-3,5,7-8H2,1H3,(H,18,20,25)(H,19,21,24). The molecule has 3 aromatic heterocycles. The summed E-state index contributed by atoms with van der Waals surface area (Å²) in [6.07, 6.45) is 3.58. The molecule has 0 spiro atoms. The smallest absolute Gasteiger partial charge is 0.260 e. The van der Waals surface area contributed by atoms with E-state index >= 15 is 0 Å². The van der Waals surface area contributed by atoms with Crippen LogP contribution in [-0.2, 0) is 17.8 Å². The summed E-state index contributed by atoms with van der Waals surface area (Å²) < 4.78 is 5.78. The van der Waals surface area contributed by atoms with E-state index in [2.05, 4.69) is 30.7 Å². The molecule has 0 saturated carbocycles. The summed E-state index contributed by atoms with van der Waals surface area (Å²) in [5.41, 5.74) is 1.42. The van der Waals surface area contributed by atoms with Crippen molar-refractivity contribution in [3.05, 3.63) is 34.7 Å². The molecule has 0 bridgehead atoms. The predicted molar refractivity (Wildman–Crippen MR) is 113 cm³/mol. The lowest BCUT2D eigenvalue weighted by Gasteiger charge is -2.24. The lowest BCUT2D eigenvalue weighted by Crippen LogP contribution is -2.36. The van der Waals surface area contributed by atoms with E-state index in [-0.39, 0.29) is 18.4 Å². The van der Waals surface area contributed by atoms with E-state index in [1.165, 1.54) is 35.2 Å². The number of fused-ring (bicyclic) bond motifs is 1. The molecule has 2 N–H and O–H groups in total. The molecule has 0 unspecified atom stereocenters. The van der Waals surface area contributed by atoms with Crippen LogP contribution >= 0.6 is 34.4 Å². The molecular weight excluding hydrogens is 432 g/mol. The van der Waals surface area contributed by atoms with Crippen LogP contribution in [-0.4, -0.2) is 50.7 Å². The van der Waals surface area contributed by atoms with Crippen LogP contribution in [0.3, 0.4) is 0 Å².